The van der Waals surface area contributed by atoms with E-state index in [1.807, 2.05) is 31.2 Å². The predicted molar refractivity (Wildman–Crippen MR) is 79.6 cm³/mol. The minimum absolute atomic E-state index is 0.0353. The maximum absolute atomic E-state index is 11.0. The molecule has 2 aromatic rings. The first-order chi connectivity index (χ1) is 9.13. The van der Waals surface area contributed by atoms with Crippen LogP contribution >= 0.6 is 15.9 Å². The van der Waals surface area contributed by atoms with E-state index in [1.54, 1.807) is 11.1 Å². The smallest absolute Gasteiger partial charge is 0.323 e. The van der Waals surface area contributed by atoms with E-state index < -0.39 is 5.97 Å². The van der Waals surface area contributed by atoms with Gasteiger partial charge < -0.3 is 10.0 Å². The number of pyridine rings is 1. The summed E-state index contributed by atoms with van der Waals surface area (Å²) < 4.78 is 0.987. The molecule has 0 aliphatic carbocycles. The van der Waals surface area contributed by atoms with E-state index in [-0.39, 0.29) is 6.54 Å². The number of carboxylic acids is 1. The molecule has 0 aliphatic rings. The minimum Gasteiger partial charge on any atom is -0.480 e. The number of fused-ring (bicyclic) bond motifs is 1. The average Bonchev–Trinajstić information content (AvgIpc) is 2.38. The standard InChI is InChI=1S/C14H15BrN2O2/c1-2-8-17(9-13(18)19)14-11-4-3-5-12(15)10(11)6-7-16-14/h3-7H,2,8-9H2,1H3,(H,18,19). The number of aromatic nitrogens is 1. The number of carbonyl (C=O) groups is 1. The lowest BCUT2D eigenvalue weighted by molar-refractivity contribution is -0.135. The highest BCUT2D eigenvalue weighted by Crippen LogP contribution is 2.29. The summed E-state index contributed by atoms with van der Waals surface area (Å²) in [7, 11) is 0. The molecule has 100 valence electrons. The molecule has 0 bridgehead atoms. The van der Waals surface area contributed by atoms with Crippen molar-refractivity contribution in [1.82, 2.24) is 4.98 Å². The number of hydrogen-bond donors (Lipinski definition) is 1. The summed E-state index contributed by atoms with van der Waals surface area (Å²) in [6.07, 6.45) is 2.59. The van der Waals surface area contributed by atoms with Crippen molar-refractivity contribution in [3.63, 3.8) is 0 Å². The molecule has 19 heavy (non-hydrogen) atoms. The van der Waals surface area contributed by atoms with Crippen molar-refractivity contribution in [2.24, 2.45) is 0 Å². The lowest BCUT2D eigenvalue weighted by Crippen LogP contribution is -2.31. The summed E-state index contributed by atoms with van der Waals surface area (Å²) in [6.45, 7) is 2.66. The van der Waals surface area contributed by atoms with Crippen LogP contribution in [0.5, 0.6) is 0 Å². The van der Waals surface area contributed by atoms with Gasteiger partial charge in [-0.25, -0.2) is 4.98 Å². The summed E-state index contributed by atoms with van der Waals surface area (Å²) in [6, 6.07) is 7.79. The highest BCUT2D eigenvalue weighted by atomic mass is 79.9. The van der Waals surface area contributed by atoms with E-state index in [0.29, 0.717) is 6.54 Å². The van der Waals surface area contributed by atoms with Crippen LogP contribution in [-0.4, -0.2) is 29.1 Å². The number of hydrogen-bond acceptors (Lipinski definition) is 3. The van der Waals surface area contributed by atoms with Gasteiger partial charge in [0.25, 0.3) is 0 Å². The molecule has 0 aliphatic heterocycles. The van der Waals surface area contributed by atoms with Crippen molar-refractivity contribution in [3.05, 3.63) is 34.9 Å². The zero-order valence-corrected chi connectivity index (χ0v) is 12.2. The molecular formula is C14H15BrN2O2. The van der Waals surface area contributed by atoms with Gasteiger partial charge in [0, 0.05) is 28.0 Å². The number of nitrogens with zero attached hydrogens (tertiary/aromatic N) is 2. The van der Waals surface area contributed by atoms with Crippen LogP contribution in [0.2, 0.25) is 0 Å². The highest BCUT2D eigenvalue weighted by molar-refractivity contribution is 9.10. The molecule has 0 atom stereocenters. The van der Waals surface area contributed by atoms with Gasteiger partial charge in [-0.1, -0.05) is 35.0 Å². The van der Waals surface area contributed by atoms with Crippen LogP contribution in [-0.2, 0) is 4.79 Å². The maximum Gasteiger partial charge on any atom is 0.323 e. The quantitative estimate of drug-likeness (QED) is 0.917. The Labute approximate surface area is 120 Å². The Kier molecular flexibility index (Phi) is 4.37. The molecule has 1 N–H and O–H groups in total. The largest absolute Gasteiger partial charge is 0.480 e. The minimum atomic E-state index is -0.845. The third-order valence-electron chi connectivity index (χ3n) is 2.85. The van der Waals surface area contributed by atoms with E-state index in [1.165, 1.54) is 0 Å². The first-order valence-electron chi connectivity index (χ1n) is 6.13. The third-order valence-corrected chi connectivity index (χ3v) is 3.54. The van der Waals surface area contributed by atoms with Crippen LogP contribution in [0.4, 0.5) is 5.82 Å². The van der Waals surface area contributed by atoms with E-state index >= 15 is 0 Å². The number of carboxylic acid groups (broad SMARTS) is 1. The van der Waals surface area contributed by atoms with E-state index in [9.17, 15) is 4.79 Å². The zero-order chi connectivity index (χ0) is 13.8. The van der Waals surface area contributed by atoms with Gasteiger partial charge in [-0.05, 0) is 18.6 Å². The molecule has 1 aromatic heterocycles. The lowest BCUT2D eigenvalue weighted by atomic mass is 10.1. The van der Waals surface area contributed by atoms with Crippen LogP contribution in [0, 0.1) is 0 Å². The number of aliphatic carboxylic acids is 1. The number of rotatable bonds is 5. The summed E-state index contributed by atoms with van der Waals surface area (Å²) in [5, 5.41) is 11.0. The molecule has 1 heterocycles. The van der Waals surface area contributed by atoms with Crippen molar-refractivity contribution in [2.45, 2.75) is 13.3 Å². The second-order valence-corrected chi connectivity index (χ2v) is 5.14. The molecule has 0 saturated carbocycles. The van der Waals surface area contributed by atoms with Crippen LogP contribution < -0.4 is 4.90 Å². The molecule has 0 unspecified atom stereocenters. The molecule has 1 aromatic carbocycles. The Bertz CT molecular complexity index is 601. The lowest BCUT2D eigenvalue weighted by Gasteiger charge is -2.22. The summed E-state index contributed by atoms with van der Waals surface area (Å²) in [4.78, 5) is 17.1. The third kappa shape index (κ3) is 3.04. The Balaban J connectivity index is 2.53. The molecule has 0 fully saturated rings. The fraction of sp³-hybridized carbons (Fsp3) is 0.286. The topological polar surface area (TPSA) is 53.4 Å². The van der Waals surface area contributed by atoms with E-state index in [4.69, 9.17) is 5.11 Å². The van der Waals surface area contributed by atoms with Crippen LogP contribution in [0.25, 0.3) is 10.8 Å². The van der Waals surface area contributed by atoms with Gasteiger partial charge in [-0.2, -0.15) is 0 Å². The van der Waals surface area contributed by atoms with Gasteiger partial charge in [-0.3, -0.25) is 4.79 Å². The molecule has 0 amide bonds. The Hall–Kier alpha value is -1.62. The summed E-state index contributed by atoms with van der Waals surface area (Å²) in [5.74, 6) is -0.120. The maximum atomic E-state index is 11.0. The van der Waals surface area contributed by atoms with Gasteiger partial charge in [0.2, 0.25) is 0 Å². The number of anilines is 1. The SMILES string of the molecule is CCCN(CC(=O)O)c1nccc2c(Br)cccc12. The normalized spacial score (nSPS) is 10.6. The molecular weight excluding hydrogens is 308 g/mol. The molecule has 0 saturated heterocycles. The van der Waals surface area contributed by atoms with Crippen molar-refractivity contribution < 1.29 is 9.90 Å². The van der Waals surface area contributed by atoms with Crippen LogP contribution in [0.1, 0.15) is 13.3 Å². The van der Waals surface area contributed by atoms with Crippen molar-refractivity contribution in [2.75, 3.05) is 18.0 Å². The highest BCUT2D eigenvalue weighted by Gasteiger charge is 2.14. The molecule has 2 rings (SSSR count). The van der Waals surface area contributed by atoms with Gasteiger partial charge in [0.1, 0.15) is 12.4 Å². The molecule has 0 spiro atoms. The fourth-order valence-corrected chi connectivity index (χ4v) is 2.60. The second-order valence-electron chi connectivity index (χ2n) is 4.28. The van der Waals surface area contributed by atoms with Crippen molar-refractivity contribution in [1.29, 1.82) is 0 Å². The molecule has 0 radical (unpaired) electrons. The number of benzene rings is 1. The zero-order valence-electron chi connectivity index (χ0n) is 10.6. The van der Waals surface area contributed by atoms with E-state index in [2.05, 4.69) is 20.9 Å². The van der Waals surface area contributed by atoms with Gasteiger partial charge >= 0.3 is 5.97 Å². The monoisotopic (exact) mass is 322 g/mol. The van der Waals surface area contributed by atoms with Gasteiger partial charge in [-0.15, -0.1) is 0 Å². The average molecular weight is 323 g/mol. The predicted octanol–water partition coefficient (Wildman–Crippen LogP) is 3.30. The Morgan fingerprint density at radius 2 is 2.16 bits per heavy atom. The van der Waals surface area contributed by atoms with Crippen molar-refractivity contribution >= 4 is 38.5 Å². The summed E-state index contributed by atoms with van der Waals surface area (Å²) >= 11 is 3.51. The van der Waals surface area contributed by atoms with Crippen LogP contribution in [0.3, 0.4) is 0 Å². The fourth-order valence-electron chi connectivity index (χ4n) is 2.10. The van der Waals surface area contributed by atoms with E-state index in [0.717, 1.165) is 27.5 Å². The second kappa shape index (κ2) is 6.02. The molecule has 4 nitrogen and oxygen atoms in total. The van der Waals surface area contributed by atoms with Crippen LogP contribution in [0.15, 0.2) is 34.9 Å². The number of halogens is 1. The first kappa shape index (κ1) is 13.8. The Morgan fingerprint density at radius 1 is 1.37 bits per heavy atom. The van der Waals surface area contributed by atoms with Gasteiger partial charge in [0.05, 0.1) is 0 Å². The summed E-state index contributed by atoms with van der Waals surface area (Å²) in [5.41, 5.74) is 0. The first-order valence-corrected chi connectivity index (χ1v) is 6.92. The van der Waals surface area contributed by atoms with Gasteiger partial charge in [0.15, 0.2) is 0 Å². The molecule has 5 heteroatoms. The van der Waals surface area contributed by atoms with Crippen molar-refractivity contribution in [3.8, 4) is 0 Å². The Morgan fingerprint density at radius 3 is 2.84 bits per heavy atom.